The molecule has 3 amide bonds. The van der Waals surface area contributed by atoms with Gasteiger partial charge in [-0.1, -0.05) is 26.8 Å². The highest BCUT2D eigenvalue weighted by atomic mass is 19.1. The maximum atomic E-state index is 14.3. The lowest BCUT2D eigenvalue weighted by atomic mass is 9.92. The van der Waals surface area contributed by atoms with Crippen molar-refractivity contribution in [2.45, 2.75) is 34.1 Å². The van der Waals surface area contributed by atoms with Crippen LogP contribution in [0.4, 0.5) is 25.5 Å². The molecule has 0 aliphatic heterocycles. The minimum Gasteiger partial charge on any atom is -0.465 e. The molecule has 4 N–H and O–H groups in total. The summed E-state index contributed by atoms with van der Waals surface area (Å²) in [4.78, 5) is 31.6. The highest BCUT2D eigenvalue weighted by Crippen LogP contribution is 2.30. The van der Waals surface area contributed by atoms with Crippen molar-refractivity contribution in [2.75, 3.05) is 17.2 Å². The van der Waals surface area contributed by atoms with Gasteiger partial charge in [0.1, 0.15) is 11.6 Å². The van der Waals surface area contributed by atoms with Crippen LogP contribution in [0.15, 0.2) is 36.5 Å². The van der Waals surface area contributed by atoms with E-state index < -0.39 is 17.9 Å². The van der Waals surface area contributed by atoms with Gasteiger partial charge in [-0.2, -0.15) is 0 Å². The van der Waals surface area contributed by atoms with Gasteiger partial charge in [0.25, 0.3) is 0 Å². The Morgan fingerprint density at radius 3 is 2.56 bits per heavy atom. The van der Waals surface area contributed by atoms with E-state index in [1.165, 1.54) is 12.3 Å². The molecule has 0 saturated heterocycles. The van der Waals surface area contributed by atoms with E-state index >= 15 is 0 Å². The van der Waals surface area contributed by atoms with Gasteiger partial charge in [-0.3, -0.25) is 10.3 Å². The van der Waals surface area contributed by atoms with Gasteiger partial charge in [0.2, 0.25) is 0 Å². The number of nitrogens with zero attached hydrogens (tertiary/aromatic N) is 2. The third-order valence-electron chi connectivity index (χ3n) is 4.81. The van der Waals surface area contributed by atoms with Gasteiger partial charge >= 0.3 is 12.1 Å². The number of aromatic nitrogens is 2. The Morgan fingerprint density at radius 2 is 1.88 bits per heavy atom. The molecule has 0 spiro atoms. The Hall–Kier alpha value is -3.75. The molecule has 0 saturated carbocycles. The number of halogens is 1. The number of hydrogen-bond donors (Lipinski definition) is 4. The first kappa shape index (κ1) is 22.9. The highest BCUT2D eigenvalue weighted by Gasteiger charge is 2.14. The first-order valence-electron chi connectivity index (χ1n) is 10.1. The number of pyridine rings is 2. The lowest BCUT2D eigenvalue weighted by molar-refractivity contribution is 0.209. The van der Waals surface area contributed by atoms with Crippen molar-refractivity contribution in [1.82, 2.24) is 15.3 Å². The average Bonchev–Trinajstić information content (AvgIpc) is 2.68. The van der Waals surface area contributed by atoms with Gasteiger partial charge < -0.3 is 15.7 Å². The number of hydrogen-bond acceptors (Lipinski definition) is 4. The van der Waals surface area contributed by atoms with Crippen molar-refractivity contribution in [1.29, 1.82) is 0 Å². The number of anilines is 2. The largest absolute Gasteiger partial charge is 0.465 e. The van der Waals surface area contributed by atoms with Crippen LogP contribution in [0.3, 0.4) is 0 Å². The monoisotopic (exact) mass is 439 g/mol. The van der Waals surface area contributed by atoms with Crippen molar-refractivity contribution in [2.24, 2.45) is 5.41 Å². The Balaban J connectivity index is 1.84. The summed E-state index contributed by atoms with van der Waals surface area (Å²) in [5.74, 6) is -0.368. The molecule has 8 nitrogen and oxygen atoms in total. The topological polar surface area (TPSA) is 116 Å². The van der Waals surface area contributed by atoms with Gasteiger partial charge in [-0.05, 0) is 42.5 Å². The number of carbonyl (C=O) groups excluding carboxylic acids is 1. The molecular formula is C23H26FN5O3. The molecule has 0 bridgehead atoms. The van der Waals surface area contributed by atoms with Crippen LogP contribution in [0, 0.1) is 18.2 Å². The quantitative estimate of drug-likeness (QED) is 0.425. The highest BCUT2D eigenvalue weighted by molar-refractivity contribution is 5.92. The summed E-state index contributed by atoms with van der Waals surface area (Å²) in [6, 6.07) is 7.38. The van der Waals surface area contributed by atoms with Crippen molar-refractivity contribution in [3.8, 4) is 11.1 Å². The number of fused-ring (bicyclic) bond motifs is 1. The van der Waals surface area contributed by atoms with E-state index in [4.69, 9.17) is 5.11 Å². The Bertz CT molecular complexity index is 1170. The normalized spacial score (nSPS) is 11.3. The summed E-state index contributed by atoms with van der Waals surface area (Å²) in [5.41, 5.74) is 2.80. The maximum absolute atomic E-state index is 14.3. The van der Waals surface area contributed by atoms with Crippen molar-refractivity contribution >= 4 is 34.5 Å². The fraction of sp³-hybridized carbons (Fsp3) is 0.304. The molecule has 0 radical (unpaired) electrons. The summed E-state index contributed by atoms with van der Waals surface area (Å²) in [5, 5.41) is 17.0. The summed E-state index contributed by atoms with van der Waals surface area (Å²) < 4.78 is 14.3. The molecule has 0 fully saturated rings. The van der Waals surface area contributed by atoms with E-state index in [0.29, 0.717) is 28.7 Å². The number of benzene rings is 1. The number of carbonyl (C=O) groups is 2. The molecule has 2 heterocycles. The lowest BCUT2D eigenvalue weighted by Gasteiger charge is -2.18. The molecule has 3 rings (SSSR count). The van der Waals surface area contributed by atoms with Crippen LogP contribution in [0.25, 0.3) is 22.0 Å². The van der Waals surface area contributed by atoms with Crippen molar-refractivity contribution in [3.63, 3.8) is 0 Å². The van der Waals surface area contributed by atoms with Crippen molar-refractivity contribution in [3.05, 3.63) is 48.0 Å². The number of urea groups is 1. The van der Waals surface area contributed by atoms with Crippen LogP contribution >= 0.6 is 0 Å². The first-order chi connectivity index (χ1) is 15.0. The SMILES string of the molecule is Cc1nc2cc(NC(=O)O)ncc2cc1-c1ccc(F)c(NC(=O)NCCC(C)(C)C)c1. The Kier molecular flexibility index (Phi) is 6.57. The van der Waals surface area contributed by atoms with Crippen LogP contribution in [-0.4, -0.2) is 33.7 Å². The fourth-order valence-electron chi connectivity index (χ4n) is 3.14. The van der Waals surface area contributed by atoms with Crippen molar-refractivity contribution < 1.29 is 19.1 Å². The summed E-state index contributed by atoms with van der Waals surface area (Å²) in [6.45, 7) is 8.52. The van der Waals surface area contributed by atoms with E-state index in [-0.39, 0.29) is 16.9 Å². The van der Waals surface area contributed by atoms with E-state index in [1.807, 2.05) is 6.07 Å². The summed E-state index contributed by atoms with van der Waals surface area (Å²) in [6.07, 6.45) is 1.10. The third kappa shape index (κ3) is 5.90. The first-order valence-corrected chi connectivity index (χ1v) is 10.1. The summed E-state index contributed by atoms with van der Waals surface area (Å²) in [7, 11) is 0. The standard InChI is InChI=1S/C23H26FN5O3/c1-13-16(9-15-12-26-20(29-22(31)32)11-18(15)27-13)14-5-6-17(24)19(10-14)28-21(30)25-8-7-23(2,3)4/h5-6,9-12H,7-8H2,1-4H3,(H,26,29)(H,31,32)(H2,25,28,30). The zero-order valence-electron chi connectivity index (χ0n) is 18.4. The van der Waals surface area contributed by atoms with Gasteiger partial charge in [0.05, 0.1) is 11.2 Å². The lowest BCUT2D eigenvalue weighted by Crippen LogP contribution is -2.31. The minimum atomic E-state index is -1.21. The number of nitrogens with one attached hydrogen (secondary N) is 3. The zero-order valence-corrected chi connectivity index (χ0v) is 18.4. The molecule has 0 unspecified atom stereocenters. The molecule has 0 aliphatic rings. The van der Waals surface area contributed by atoms with Gasteiger partial charge in [0, 0.05) is 35.5 Å². The Morgan fingerprint density at radius 1 is 1.12 bits per heavy atom. The predicted octanol–water partition coefficient (Wildman–Crippen LogP) is 5.39. The van der Waals surface area contributed by atoms with Crippen LogP contribution < -0.4 is 16.0 Å². The molecular weight excluding hydrogens is 413 g/mol. The number of rotatable bonds is 5. The van der Waals surface area contributed by atoms with Crippen LogP contribution in [0.2, 0.25) is 0 Å². The molecule has 1 aromatic carbocycles. The number of carboxylic acid groups (broad SMARTS) is 1. The molecule has 9 heteroatoms. The summed E-state index contributed by atoms with van der Waals surface area (Å²) >= 11 is 0. The van der Waals surface area contributed by atoms with E-state index in [1.54, 1.807) is 25.1 Å². The molecule has 3 aromatic rings. The molecule has 0 aliphatic carbocycles. The maximum Gasteiger partial charge on any atom is 0.410 e. The fourth-order valence-corrected chi connectivity index (χ4v) is 3.14. The van der Waals surface area contributed by atoms with Crippen LogP contribution in [0.5, 0.6) is 0 Å². The molecule has 0 atom stereocenters. The van der Waals surface area contributed by atoms with Gasteiger partial charge in [0.15, 0.2) is 0 Å². The molecule has 168 valence electrons. The Labute approximate surface area is 185 Å². The zero-order chi connectivity index (χ0) is 23.5. The third-order valence-corrected chi connectivity index (χ3v) is 4.81. The second-order valence-electron chi connectivity index (χ2n) is 8.70. The smallest absolute Gasteiger partial charge is 0.410 e. The average molecular weight is 439 g/mol. The van der Waals surface area contributed by atoms with Crippen LogP contribution in [0.1, 0.15) is 32.9 Å². The number of amides is 3. The molecule has 32 heavy (non-hydrogen) atoms. The van der Waals surface area contributed by atoms with Crippen LogP contribution in [-0.2, 0) is 0 Å². The predicted molar refractivity (Wildman–Crippen MR) is 122 cm³/mol. The number of aryl methyl sites for hydroxylation is 1. The van der Waals surface area contributed by atoms with E-state index in [0.717, 1.165) is 12.0 Å². The van der Waals surface area contributed by atoms with E-state index in [2.05, 4.69) is 46.7 Å². The van der Waals surface area contributed by atoms with E-state index in [9.17, 15) is 14.0 Å². The second-order valence-corrected chi connectivity index (χ2v) is 8.70. The minimum absolute atomic E-state index is 0.0642. The second kappa shape index (κ2) is 9.17. The van der Waals surface area contributed by atoms with Gasteiger partial charge in [-0.25, -0.2) is 19.0 Å². The van der Waals surface area contributed by atoms with Gasteiger partial charge in [-0.15, -0.1) is 0 Å². The molecule has 2 aromatic heterocycles.